The minimum atomic E-state index is -3.85. The molecular weight excluding hydrogens is 552 g/mol. The zero-order chi connectivity index (χ0) is 28.7. The van der Waals surface area contributed by atoms with Gasteiger partial charge < -0.3 is 14.8 Å². The Morgan fingerprint density at radius 1 is 0.975 bits per heavy atom. The Labute approximate surface area is 238 Å². The van der Waals surface area contributed by atoms with Crippen LogP contribution in [0.25, 0.3) is 11.1 Å². The highest BCUT2D eigenvalue weighted by atomic mass is 32.2. The van der Waals surface area contributed by atoms with Crippen LogP contribution in [0.15, 0.2) is 64.9 Å². The fourth-order valence-corrected chi connectivity index (χ4v) is 7.03. The maximum Gasteiger partial charge on any atom is 0.341 e. The minimum absolute atomic E-state index is 0.0163. The molecule has 2 aromatic carbocycles. The van der Waals surface area contributed by atoms with Crippen LogP contribution >= 0.6 is 11.3 Å². The number of rotatable bonds is 11. The van der Waals surface area contributed by atoms with Crippen LogP contribution < -0.4 is 5.32 Å². The van der Waals surface area contributed by atoms with Gasteiger partial charge in [-0.05, 0) is 44.4 Å². The maximum absolute atomic E-state index is 13.3. The molecular formula is C29H32N2O7S2. The van der Waals surface area contributed by atoms with Gasteiger partial charge in [-0.15, -0.1) is 11.3 Å². The van der Waals surface area contributed by atoms with Gasteiger partial charge in [-0.3, -0.25) is 9.59 Å². The molecule has 9 nitrogen and oxygen atoms in total. The van der Waals surface area contributed by atoms with Gasteiger partial charge in [0.05, 0.1) is 30.6 Å². The number of hydrogen-bond acceptors (Lipinski definition) is 9. The molecule has 1 N–H and O–H groups in total. The van der Waals surface area contributed by atoms with Gasteiger partial charge in [0.25, 0.3) is 0 Å². The summed E-state index contributed by atoms with van der Waals surface area (Å²) in [7, 11) is -3.85. The molecule has 0 bridgehead atoms. The Kier molecular flexibility index (Phi) is 9.72. The number of esters is 2. The average molecular weight is 585 g/mol. The maximum atomic E-state index is 13.3. The lowest BCUT2D eigenvalue weighted by Gasteiger charge is -2.30. The highest BCUT2D eigenvalue weighted by Crippen LogP contribution is 2.36. The highest BCUT2D eigenvalue weighted by molar-refractivity contribution is 7.89. The Hall–Kier alpha value is -3.54. The average Bonchev–Trinajstić information content (AvgIpc) is 3.41. The van der Waals surface area contributed by atoms with Crippen molar-refractivity contribution in [1.82, 2.24) is 4.31 Å². The number of ketones is 1. The number of Topliss-reactive ketones (excluding diaryl/α,β-unsaturated/α-hetero) is 1. The third-order valence-electron chi connectivity index (χ3n) is 6.63. The molecule has 4 rings (SSSR count). The normalized spacial score (nSPS) is 14.4. The zero-order valence-corrected chi connectivity index (χ0v) is 24.1. The van der Waals surface area contributed by atoms with Crippen molar-refractivity contribution in [2.24, 2.45) is 5.92 Å². The predicted molar refractivity (Wildman–Crippen MR) is 153 cm³/mol. The van der Waals surface area contributed by atoms with E-state index < -0.39 is 16.0 Å². The molecule has 1 saturated heterocycles. The fourth-order valence-electron chi connectivity index (χ4n) is 4.56. The lowest BCUT2D eigenvalue weighted by Crippen LogP contribution is -2.40. The molecule has 0 unspecified atom stereocenters. The number of nitrogens with zero attached hydrogens (tertiary/aromatic N) is 1. The number of anilines is 1. The molecule has 1 aromatic heterocycles. The third-order valence-corrected chi connectivity index (χ3v) is 9.46. The van der Waals surface area contributed by atoms with Crippen molar-refractivity contribution < 1.29 is 32.3 Å². The molecule has 3 aromatic rings. The predicted octanol–water partition coefficient (Wildman–Crippen LogP) is 4.85. The van der Waals surface area contributed by atoms with Crippen LogP contribution in [0.1, 0.15) is 47.4 Å². The van der Waals surface area contributed by atoms with Crippen LogP contribution in [-0.4, -0.2) is 63.3 Å². The number of benzene rings is 2. The number of ether oxygens (including phenoxy) is 2. The first-order chi connectivity index (χ1) is 19.3. The molecule has 1 aliphatic heterocycles. The second-order valence-electron chi connectivity index (χ2n) is 9.17. The van der Waals surface area contributed by atoms with Crippen molar-refractivity contribution >= 4 is 44.1 Å². The summed E-state index contributed by atoms with van der Waals surface area (Å²) in [6.07, 6.45) is 0.768. The second-order valence-corrected chi connectivity index (χ2v) is 12.0. The summed E-state index contributed by atoms with van der Waals surface area (Å²) in [4.78, 5) is 37.9. The summed E-state index contributed by atoms with van der Waals surface area (Å²) in [5.74, 6) is -1.43. The summed E-state index contributed by atoms with van der Waals surface area (Å²) in [5.41, 5.74) is 2.14. The summed E-state index contributed by atoms with van der Waals surface area (Å²) in [5, 5.41) is 5.39. The van der Waals surface area contributed by atoms with Crippen LogP contribution in [-0.2, 0) is 24.3 Å². The van der Waals surface area contributed by atoms with Crippen molar-refractivity contribution in [1.29, 1.82) is 0 Å². The molecule has 0 atom stereocenters. The summed E-state index contributed by atoms with van der Waals surface area (Å²) in [6.45, 7) is 4.22. The number of thiophene rings is 1. The Bertz CT molecular complexity index is 1460. The third kappa shape index (κ3) is 6.60. The number of piperidine rings is 1. The number of carbonyl (C=O) groups excluding carboxylic acids is 3. The standard InChI is InChI=1S/C29H32N2O7S2/c1-3-37-28(33)21-13-15-31(16-14-21)40(35,36)23-12-8-11-22(17-23)25(32)18-30-27-26(29(34)38-4-2)24(19-39-27)20-9-6-5-7-10-20/h5-12,17,19,21,30H,3-4,13-16,18H2,1-2H3. The summed E-state index contributed by atoms with van der Waals surface area (Å²) in [6, 6.07) is 15.4. The van der Waals surface area contributed by atoms with E-state index in [1.807, 2.05) is 35.7 Å². The van der Waals surface area contributed by atoms with E-state index in [0.717, 1.165) is 5.56 Å². The minimum Gasteiger partial charge on any atom is -0.466 e. The SMILES string of the molecule is CCOC(=O)c1c(-c2ccccc2)csc1NCC(=O)c1cccc(S(=O)(=O)N2CCC(C(=O)OCC)CC2)c1. The molecule has 2 heterocycles. The molecule has 0 radical (unpaired) electrons. The quantitative estimate of drug-likeness (QED) is 0.251. The van der Waals surface area contributed by atoms with E-state index in [2.05, 4.69) is 5.32 Å². The number of nitrogens with one attached hydrogen (secondary N) is 1. The molecule has 11 heteroatoms. The van der Waals surface area contributed by atoms with Gasteiger partial charge in [0.15, 0.2) is 5.78 Å². The van der Waals surface area contributed by atoms with Crippen molar-refractivity contribution in [2.75, 3.05) is 38.2 Å². The first kappa shape index (κ1) is 29.4. The lowest BCUT2D eigenvalue weighted by atomic mass is 9.98. The fraction of sp³-hybridized carbons (Fsp3) is 0.345. The van der Waals surface area contributed by atoms with Gasteiger partial charge in [0, 0.05) is 29.6 Å². The van der Waals surface area contributed by atoms with Crippen LogP contribution in [0.3, 0.4) is 0 Å². The Morgan fingerprint density at radius 2 is 1.68 bits per heavy atom. The Morgan fingerprint density at radius 3 is 2.35 bits per heavy atom. The van der Waals surface area contributed by atoms with Gasteiger partial charge in [-0.25, -0.2) is 13.2 Å². The van der Waals surface area contributed by atoms with Crippen molar-refractivity contribution in [3.63, 3.8) is 0 Å². The molecule has 1 aliphatic rings. The van der Waals surface area contributed by atoms with Crippen LogP contribution in [0.2, 0.25) is 0 Å². The smallest absolute Gasteiger partial charge is 0.341 e. The lowest BCUT2D eigenvalue weighted by molar-refractivity contribution is -0.149. The Balaban J connectivity index is 1.47. The monoisotopic (exact) mass is 584 g/mol. The van der Waals surface area contributed by atoms with Gasteiger partial charge in [-0.1, -0.05) is 42.5 Å². The molecule has 212 valence electrons. The van der Waals surface area contributed by atoms with Gasteiger partial charge in [0.1, 0.15) is 10.6 Å². The number of hydrogen-bond donors (Lipinski definition) is 1. The van der Waals surface area contributed by atoms with E-state index in [1.165, 1.54) is 33.8 Å². The van der Waals surface area contributed by atoms with Crippen molar-refractivity contribution in [2.45, 2.75) is 31.6 Å². The number of sulfonamides is 1. The van der Waals surface area contributed by atoms with E-state index in [1.54, 1.807) is 19.9 Å². The van der Waals surface area contributed by atoms with Gasteiger partial charge in [0.2, 0.25) is 10.0 Å². The van der Waals surface area contributed by atoms with Crippen molar-refractivity contribution in [3.8, 4) is 11.1 Å². The van der Waals surface area contributed by atoms with E-state index in [9.17, 15) is 22.8 Å². The van der Waals surface area contributed by atoms with Crippen LogP contribution in [0.4, 0.5) is 5.00 Å². The molecule has 0 amide bonds. The topological polar surface area (TPSA) is 119 Å². The van der Waals surface area contributed by atoms with Crippen LogP contribution in [0.5, 0.6) is 0 Å². The first-order valence-corrected chi connectivity index (χ1v) is 15.5. The largest absolute Gasteiger partial charge is 0.466 e. The van der Waals surface area contributed by atoms with E-state index in [-0.39, 0.29) is 61.0 Å². The summed E-state index contributed by atoms with van der Waals surface area (Å²) < 4.78 is 38.3. The second kappa shape index (κ2) is 13.2. The molecule has 0 spiro atoms. The van der Waals surface area contributed by atoms with Crippen LogP contribution in [0, 0.1) is 5.92 Å². The van der Waals surface area contributed by atoms with Gasteiger partial charge in [-0.2, -0.15) is 4.31 Å². The van der Waals surface area contributed by atoms with E-state index >= 15 is 0 Å². The van der Waals surface area contributed by atoms with E-state index in [4.69, 9.17) is 9.47 Å². The molecule has 40 heavy (non-hydrogen) atoms. The summed E-state index contributed by atoms with van der Waals surface area (Å²) >= 11 is 1.29. The van der Waals surface area contributed by atoms with Gasteiger partial charge >= 0.3 is 11.9 Å². The zero-order valence-electron chi connectivity index (χ0n) is 22.4. The molecule has 1 fully saturated rings. The highest BCUT2D eigenvalue weighted by Gasteiger charge is 2.33. The number of carbonyl (C=O) groups is 3. The molecule has 0 saturated carbocycles. The molecule has 0 aliphatic carbocycles. The van der Waals surface area contributed by atoms with E-state index in [0.29, 0.717) is 29.0 Å². The van der Waals surface area contributed by atoms with Crippen molar-refractivity contribution in [3.05, 3.63) is 71.1 Å². The first-order valence-electron chi connectivity index (χ1n) is 13.1.